The third kappa shape index (κ3) is 2.91. The topological polar surface area (TPSA) is 38.7 Å². The molecule has 1 rings (SSSR count). The Balaban J connectivity index is 2.62. The van der Waals surface area contributed by atoms with Crippen molar-refractivity contribution in [1.29, 1.82) is 0 Å². The van der Waals surface area contributed by atoms with Crippen LogP contribution in [0.2, 0.25) is 0 Å². The zero-order chi connectivity index (χ0) is 11.3. The molecule has 0 aromatic rings. The minimum absolute atomic E-state index is 0.293. The summed E-state index contributed by atoms with van der Waals surface area (Å²) in [7, 11) is 0. The van der Waals surface area contributed by atoms with Gasteiger partial charge in [-0.15, -0.1) is 0 Å². The SMILES string of the molecule is CCOC(=O)C1=CCC(C(CC)CC)=N1. The van der Waals surface area contributed by atoms with Crippen molar-refractivity contribution in [3.8, 4) is 0 Å². The van der Waals surface area contributed by atoms with E-state index in [-0.39, 0.29) is 5.97 Å². The number of esters is 1. The molecule has 0 fully saturated rings. The lowest BCUT2D eigenvalue weighted by Gasteiger charge is -2.11. The van der Waals surface area contributed by atoms with Gasteiger partial charge in [0, 0.05) is 12.1 Å². The van der Waals surface area contributed by atoms with Gasteiger partial charge in [-0.3, -0.25) is 0 Å². The maximum absolute atomic E-state index is 11.4. The van der Waals surface area contributed by atoms with Gasteiger partial charge in [-0.05, 0) is 31.8 Å². The molecule has 3 nitrogen and oxygen atoms in total. The molecule has 0 amide bonds. The van der Waals surface area contributed by atoms with E-state index in [9.17, 15) is 4.79 Å². The number of allylic oxidation sites excluding steroid dienone is 1. The molecule has 0 unspecified atom stereocenters. The van der Waals surface area contributed by atoms with E-state index < -0.39 is 0 Å². The molecule has 0 aromatic heterocycles. The van der Waals surface area contributed by atoms with Gasteiger partial charge in [0.25, 0.3) is 0 Å². The minimum atomic E-state index is -0.293. The number of carbonyl (C=O) groups is 1. The van der Waals surface area contributed by atoms with Crippen LogP contribution in [0.3, 0.4) is 0 Å². The highest BCUT2D eigenvalue weighted by atomic mass is 16.5. The van der Waals surface area contributed by atoms with Crippen LogP contribution in [0.5, 0.6) is 0 Å². The zero-order valence-corrected chi connectivity index (χ0v) is 9.75. The molecule has 1 aliphatic rings. The molecule has 3 heteroatoms. The normalized spacial score (nSPS) is 15.2. The first-order chi connectivity index (χ1) is 7.22. The fourth-order valence-corrected chi connectivity index (χ4v) is 1.80. The Morgan fingerprint density at radius 1 is 1.47 bits per heavy atom. The average Bonchev–Trinajstić information content (AvgIpc) is 2.69. The van der Waals surface area contributed by atoms with Gasteiger partial charge in [-0.25, -0.2) is 9.79 Å². The summed E-state index contributed by atoms with van der Waals surface area (Å²) < 4.78 is 4.91. The Bertz CT molecular complexity index is 288. The van der Waals surface area contributed by atoms with Crippen molar-refractivity contribution in [2.45, 2.75) is 40.0 Å². The second-order valence-corrected chi connectivity index (χ2v) is 3.63. The molecule has 0 aromatic carbocycles. The summed E-state index contributed by atoms with van der Waals surface area (Å²) in [5.41, 5.74) is 1.61. The fraction of sp³-hybridized carbons (Fsp3) is 0.667. The fourth-order valence-electron chi connectivity index (χ4n) is 1.80. The van der Waals surface area contributed by atoms with Gasteiger partial charge in [0.15, 0.2) is 0 Å². The van der Waals surface area contributed by atoms with Gasteiger partial charge in [0.2, 0.25) is 0 Å². The van der Waals surface area contributed by atoms with E-state index in [4.69, 9.17) is 4.74 Å². The molecular formula is C12H19NO2. The van der Waals surface area contributed by atoms with E-state index in [0.29, 0.717) is 18.2 Å². The lowest BCUT2D eigenvalue weighted by molar-refractivity contribution is -0.138. The minimum Gasteiger partial charge on any atom is -0.461 e. The third-order valence-electron chi connectivity index (χ3n) is 2.71. The molecule has 1 aliphatic heterocycles. The third-order valence-corrected chi connectivity index (χ3v) is 2.71. The van der Waals surface area contributed by atoms with Gasteiger partial charge < -0.3 is 4.74 Å². The van der Waals surface area contributed by atoms with E-state index in [1.807, 2.05) is 6.08 Å². The molecule has 1 heterocycles. The Hall–Kier alpha value is -1.12. The van der Waals surface area contributed by atoms with Crippen LogP contribution in [0.25, 0.3) is 0 Å². The van der Waals surface area contributed by atoms with Crippen molar-refractivity contribution < 1.29 is 9.53 Å². The van der Waals surface area contributed by atoms with Crippen LogP contribution in [0.15, 0.2) is 16.8 Å². The summed E-state index contributed by atoms with van der Waals surface area (Å²) in [4.78, 5) is 15.7. The van der Waals surface area contributed by atoms with Gasteiger partial charge in [-0.1, -0.05) is 13.8 Å². The maximum Gasteiger partial charge on any atom is 0.356 e. The van der Waals surface area contributed by atoms with Gasteiger partial charge in [0.1, 0.15) is 5.70 Å². The summed E-state index contributed by atoms with van der Waals surface area (Å²) in [5, 5.41) is 0. The Morgan fingerprint density at radius 3 is 2.67 bits per heavy atom. The van der Waals surface area contributed by atoms with Crippen molar-refractivity contribution in [2.24, 2.45) is 10.9 Å². The lowest BCUT2D eigenvalue weighted by Crippen LogP contribution is -2.10. The van der Waals surface area contributed by atoms with Crippen LogP contribution in [0.4, 0.5) is 0 Å². The van der Waals surface area contributed by atoms with Crippen LogP contribution in [-0.2, 0) is 9.53 Å². The maximum atomic E-state index is 11.4. The number of hydrogen-bond donors (Lipinski definition) is 0. The number of carbonyl (C=O) groups excluding carboxylic acids is 1. The molecule has 0 saturated heterocycles. The summed E-state index contributed by atoms with van der Waals surface area (Å²) in [6.07, 6.45) is 4.84. The predicted molar refractivity (Wildman–Crippen MR) is 60.8 cm³/mol. The van der Waals surface area contributed by atoms with Crippen LogP contribution < -0.4 is 0 Å². The molecule has 0 saturated carbocycles. The van der Waals surface area contributed by atoms with Crippen LogP contribution in [0, 0.1) is 5.92 Å². The van der Waals surface area contributed by atoms with Crippen molar-refractivity contribution >= 4 is 11.7 Å². The monoisotopic (exact) mass is 209 g/mol. The highest BCUT2D eigenvalue weighted by molar-refractivity contribution is 5.99. The zero-order valence-electron chi connectivity index (χ0n) is 9.75. The first-order valence-corrected chi connectivity index (χ1v) is 5.67. The Labute approximate surface area is 91.2 Å². The molecule has 84 valence electrons. The first kappa shape index (κ1) is 12.0. The summed E-state index contributed by atoms with van der Waals surface area (Å²) in [6.45, 7) is 6.52. The van der Waals surface area contributed by atoms with E-state index in [2.05, 4.69) is 18.8 Å². The lowest BCUT2D eigenvalue weighted by atomic mass is 9.96. The second kappa shape index (κ2) is 5.69. The predicted octanol–water partition coefficient (Wildman–Crippen LogP) is 2.71. The summed E-state index contributed by atoms with van der Waals surface area (Å²) >= 11 is 0. The summed E-state index contributed by atoms with van der Waals surface area (Å²) in [5.74, 6) is 0.214. The van der Waals surface area contributed by atoms with Crippen molar-refractivity contribution in [3.63, 3.8) is 0 Å². The van der Waals surface area contributed by atoms with Crippen LogP contribution >= 0.6 is 0 Å². The van der Waals surface area contributed by atoms with Crippen molar-refractivity contribution in [1.82, 2.24) is 0 Å². The Morgan fingerprint density at radius 2 is 2.13 bits per heavy atom. The number of nitrogens with zero attached hydrogens (tertiary/aromatic N) is 1. The molecule has 0 N–H and O–H groups in total. The number of hydrogen-bond acceptors (Lipinski definition) is 3. The number of rotatable bonds is 5. The second-order valence-electron chi connectivity index (χ2n) is 3.63. The van der Waals surface area contributed by atoms with E-state index in [1.165, 1.54) is 0 Å². The molecule has 0 radical (unpaired) electrons. The van der Waals surface area contributed by atoms with E-state index in [0.717, 1.165) is 25.0 Å². The van der Waals surface area contributed by atoms with Crippen molar-refractivity contribution in [3.05, 3.63) is 11.8 Å². The Kier molecular flexibility index (Phi) is 4.53. The quantitative estimate of drug-likeness (QED) is 0.653. The summed E-state index contributed by atoms with van der Waals surface area (Å²) in [6, 6.07) is 0. The average molecular weight is 209 g/mol. The van der Waals surface area contributed by atoms with Crippen molar-refractivity contribution in [2.75, 3.05) is 6.61 Å². The number of aliphatic imine (C=N–C) groups is 1. The molecule has 0 bridgehead atoms. The molecule has 0 aliphatic carbocycles. The molecule has 15 heavy (non-hydrogen) atoms. The smallest absolute Gasteiger partial charge is 0.356 e. The van der Waals surface area contributed by atoms with Crippen LogP contribution in [-0.4, -0.2) is 18.3 Å². The standard InChI is InChI=1S/C12H19NO2/c1-4-9(5-2)10-7-8-11(13-10)12(14)15-6-3/h8-9H,4-7H2,1-3H3. The highest BCUT2D eigenvalue weighted by Gasteiger charge is 2.20. The van der Waals surface area contributed by atoms with E-state index >= 15 is 0 Å². The van der Waals surface area contributed by atoms with Crippen LogP contribution in [0.1, 0.15) is 40.0 Å². The highest BCUT2D eigenvalue weighted by Crippen LogP contribution is 2.21. The first-order valence-electron chi connectivity index (χ1n) is 5.67. The van der Waals surface area contributed by atoms with Gasteiger partial charge >= 0.3 is 5.97 Å². The largest absolute Gasteiger partial charge is 0.461 e. The molecular weight excluding hydrogens is 190 g/mol. The van der Waals surface area contributed by atoms with E-state index in [1.54, 1.807) is 6.92 Å². The van der Waals surface area contributed by atoms with Gasteiger partial charge in [-0.2, -0.15) is 0 Å². The number of ether oxygens (including phenoxy) is 1. The molecule has 0 spiro atoms. The molecule has 0 atom stereocenters. The van der Waals surface area contributed by atoms with Gasteiger partial charge in [0.05, 0.1) is 6.61 Å².